The van der Waals surface area contributed by atoms with Gasteiger partial charge in [-0.05, 0) is 57.2 Å². The van der Waals surface area contributed by atoms with Gasteiger partial charge in [-0.15, -0.1) is 0 Å². The molecule has 4 atom stereocenters. The Hall–Kier alpha value is -3.79. The predicted molar refractivity (Wildman–Crippen MR) is 140 cm³/mol. The summed E-state index contributed by atoms with van der Waals surface area (Å²) >= 11 is 0. The molecule has 3 N–H and O–H groups in total. The summed E-state index contributed by atoms with van der Waals surface area (Å²) < 4.78 is 5.55. The standard InChI is InChI=1S/C28H33N5O5/c1-16-21-13-12-19-9-8-18(15-23(19)31-21)5-3-7-24(34)38-25(20-10-11-20)27(36)30-17(2)28(37)33-14-4-6-22(32-33)26(35)29-16/h3,5,8-9,12-13,15-17,20,22,25,32H,4,6-7,10-11,14H2,1-2H3,(H,29,35)(H,30,36)/t16-,17+,22+,25+/m1/s1. The maximum atomic E-state index is 13.1. The molecule has 5 bridgehead atoms. The van der Waals surface area contributed by atoms with Gasteiger partial charge in [-0.1, -0.05) is 30.4 Å². The van der Waals surface area contributed by atoms with E-state index in [4.69, 9.17) is 9.72 Å². The normalized spacial score (nSPS) is 27.6. The van der Waals surface area contributed by atoms with E-state index < -0.39 is 30.1 Å². The topological polar surface area (TPSA) is 130 Å². The second-order valence-electron chi connectivity index (χ2n) is 10.3. The van der Waals surface area contributed by atoms with Crippen LogP contribution in [0.15, 0.2) is 36.4 Å². The van der Waals surface area contributed by atoms with E-state index in [1.54, 1.807) is 13.0 Å². The molecular weight excluding hydrogens is 486 g/mol. The Morgan fingerprint density at radius 3 is 2.50 bits per heavy atom. The van der Waals surface area contributed by atoms with Gasteiger partial charge in [0.2, 0.25) is 5.91 Å². The first-order valence-electron chi connectivity index (χ1n) is 13.2. The number of rotatable bonds is 1. The van der Waals surface area contributed by atoms with E-state index in [0.29, 0.717) is 25.1 Å². The summed E-state index contributed by atoms with van der Waals surface area (Å²) in [4.78, 5) is 56.5. The molecule has 2 aliphatic heterocycles. The number of nitrogens with zero attached hydrogens (tertiary/aromatic N) is 2. The van der Waals surface area contributed by atoms with Crippen LogP contribution in [0.2, 0.25) is 0 Å². The van der Waals surface area contributed by atoms with Crippen LogP contribution in [0, 0.1) is 5.92 Å². The Labute approximate surface area is 221 Å². The molecule has 3 heterocycles. The van der Waals surface area contributed by atoms with Crippen molar-refractivity contribution in [3.8, 4) is 0 Å². The van der Waals surface area contributed by atoms with E-state index in [-0.39, 0.29) is 30.2 Å². The first kappa shape index (κ1) is 25.8. The number of nitrogens with one attached hydrogen (secondary N) is 3. The number of esters is 1. The highest BCUT2D eigenvalue weighted by Gasteiger charge is 2.40. The minimum absolute atomic E-state index is 0.0125. The van der Waals surface area contributed by atoms with Crippen LogP contribution in [0.4, 0.5) is 0 Å². The van der Waals surface area contributed by atoms with Gasteiger partial charge in [0.05, 0.1) is 23.7 Å². The van der Waals surface area contributed by atoms with Gasteiger partial charge in [0.25, 0.3) is 11.8 Å². The smallest absolute Gasteiger partial charge is 0.310 e. The largest absolute Gasteiger partial charge is 0.452 e. The third-order valence-electron chi connectivity index (χ3n) is 7.20. The lowest BCUT2D eigenvalue weighted by atomic mass is 10.1. The van der Waals surface area contributed by atoms with Gasteiger partial charge >= 0.3 is 5.97 Å². The molecule has 1 saturated carbocycles. The Bertz CT molecular complexity index is 1290. The van der Waals surface area contributed by atoms with Crippen LogP contribution in [-0.4, -0.2) is 58.4 Å². The van der Waals surface area contributed by atoms with Gasteiger partial charge in [0.1, 0.15) is 12.1 Å². The lowest BCUT2D eigenvalue weighted by Gasteiger charge is -2.35. The summed E-state index contributed by atoms with van der Waals surface area (Å²) in [5, 5.41) is 8.07. The highest BCUT2D eigenvalue weighted by Crippen LogP contribution is 2.35. The van der Waals surface area contributed by atoms with Crippen molar-refractivity contribution < 1.29 is 23.9 Å². The second-order valence-corrected chi connectivity index (χ2v) is 10.3. The number of ether oxygens (including phenoxy) is 1. The third-order valence-corrected chi connectivity index (χ3v) is 7.20. The van der Waals surface area contributed by atoms with Gasteiger partial charge in [-0.2, -0.15) is 0 Å². The zero-order valence-electron chi connectivity index (χ0n) is 21.6. The first-order valence-corrected chi connectivity index (χ1v) is 13.2. The summed E-state index contributed by atoms with van der Waals surface area (Å²) in [6, 6.07) is 7.87. The number of hydrazine groups is 1. The third kappa shape index (κ3) is 5.85. The van der Waals surface area contributed by atoms with E-state index in [2.05, 4.69) is 16.1 Å². The quantitative estimate of drug-likeness (QED) is 0.492. The summed E-state index contributed by atoms with van der Waals surface area (Å²) in [6.45, 7) is 3.88. The van der Waals surface area contributed by atoms with Crippen LogP contribution in [-0.2, 0) is 23.9 Å². The summed E-state index contributed by atoms with van der Waals surface area (Å²) in [5.74, 6) is -1.61. The molecule has 38 heavy (non-hydrogen) atoms. The van der Waals surface area contributed by atoms with Crippen molar-refractivity contribution in [2.45, 2.75) is 70.2 Å². The minimum atomic E-state index is -0.933. The fourth-order valence-corrected chi connectivity index (χ4v) is 4.85. The molecule has 0 unspecified atom stereocenters. The van der Waals surface area contributed by atoms with Crippen LogP contribution >= 0.6 is 0 Å². The van der Waals surface area contributed by atoms with Crippen molar-refractivity contribution in [2.24, 2.45) is 5.92 Å². The maximum absolute atomic E-state index is 13.1. The van der Waals surface area contributed by atoms with Crippen molar-refractivity contribution in [2.75, 3.05) is 6.54 Å². The summed E-state index contributed by atoms with van der Waals surface area (Å²) in [5.41, 5.74) is 5.37. The van der Waals surface area contributed by atoms with E-state index in [9.17, 15) is 19.2 Å². The van der Waals surface area contributed by atoms with E-state index in [0.717, 1.165) is 29.3 Å². The number of benzene rings is 1. The highest BCUT2D eigenvalue weighted by atomic mass is 16.5. The van der Waals surface area contributed by atoms with Gasteiger partial charge < -0.3 is 15.4 Å². The van der Waals surface area contributed by atoms with Crippen molar-refractivity contribution in [3.05, 3.63) is 47.7 Å². The zero-order valence-corrected chi connectivity index (χ0v) is 21.6. The van der Waals surface area contributed by atoms with Crippen LogP contribution in [0.1, 0.15) is 63.3 Å². The summed E-state index contributed by atoms with van der Waals surface area (Å²) in [6.07, 6.45) is 5.39. The molecule has 0 spiro atoms. The number of carbonyl (C=O) groups is 4. The molecule has 2 aromatic rings. The average molecular weight is 520 g/mol. The molecule has 10 nitrogen and oxygen atoms in total. The number of carbonyl (C=O) groups excluding carboxylic acids is 4. The predicted octanol–water partition coefficient (Wildman–Crippen LogP) is 2.15. The summed E-state index contributed by atoms with van der Waals surface area (Å²) in [7, 11) is 0. The fraction of sp³-hybridized carbons (Fsp3) is 0.464. The molecule has 1 aromatic heterocycles. The molecular formula is C28H33N5O5. The van der Waals surface area contributed by atoms with Crippen molar-refractivity contribution in [3.63, 3.8) is 0 Å². The molecule has 10 heteroatoms. The first-order chi connectivity index (χ1) is 18.3. The van der Waals surface area contributed by atoms with Crippen molar-refractivity contribution >= 4 is 40.7 Å². The number of amides is 3. The monoisotopic (exact) mass is 519 g/mol. The molecule has 5 rings (SSSR count). The Morgan fingerprint density at radius 1 is 0.947 bits per heavy atom. The number of hydrogen-bond acceptors (Lipinski definition) is 7. The van der Waals surface area contributed by atoms with Gasteiger partial charge in [0, 0.05) is 17.8 Å². The van der Waals surface area contributed by atoms with Crippen LogP contribution in [0.25, 0.3) is 17.0 Å². The van der Waals surface area contributed by atoms with E-state index in [1.165, 1.54) is 5.01 Å². The van der Waals surface area contributed by atoms with Gasteiger partial charge in [-0.3, -0.25) is 29.2 Å². The Kier molecular flexibility index (Phi) is 7.42. The molecule has 2 fully saturated rings. The maximum Gasteiger partial charge on any atom is 0.310 e. The molecule has 1 aromatic carbocycles. The van der Waals surface area contributed by atoms with Crippen LogP contribution in [0.5, 0.6) is 0 Å². The number of cyclic esters (lactones) is 1. The molecule has 3 aliphatic rings. The van der Waals surface area contributed by atoms with Crippen molar-refractivity contribution in [1.29, 1.82) is 0 Å². The van der Waals surface area contributed by atoms with E-state index >= 15 is 0 Å². The van der Waals surface area contributed by atoms with Gasteiger partial charge in [0.15, 0.2) is 6.10 Å². The number of fused-ring (bicyclic) bond motifs is 4. The second kappa shape index (κ2) is 10.9. The van der Waals surface area contributed by atoms with E-state index in [1.807, 2.05) is 43.3 Å². The molecule has 3 amide bonds. The van der Waals surface area contributed by atoms with Gasteiger partial charge in [-0.25, -0.2) is 5.43 Å². The minimum Gasteiger partial charge on any atom is -0.452 e. The molecule has 1 saturated heterocycles. The zero-order chi connectivity index (χ0) is 26.8. The van der Waals surface area contributed by atoms with Crippen LogP contribution < -0.4 is 16.1 Å². The molecule has 0 radical (unpaired) electrons. The highest BCUT2D eigenvalue weighted by molar-refractivity contribution is 5.91. The Balaban J connectivity index is 1.43. The SMILES string of the molecule is C[C@@H]1NC(=O)[C@H](C2CC2)OC(=O)CC=Cc2ccc3ccc(nc3c2)[C@@H](C)NC(=O)[C@@H]2CCCN(N2)C1=O. The number of hydrogen-bond donors (Lipinski definition) is 3. The lowest BCUT2D eigenvalue weighted by Crippen LogP contribution is -2.61. The number of pyridine rings is 1. The Morgan fingerprint density at radius 2 is 1.71 bits per heavy atom. The van der Waals surface area contributed by atoms with Crippen molar-refractivity contribution in [1.82, 2.24) is 26.1 Å². The molecule has 1 aliphatic carbocycles. The molecule has 200 valence electrons. The number of aromatic nitrogens is 1. The average Bonchev–Trinajstić information content (AvgIpc) is 3.75. The fourth-order valence-electron chi connectivity index (χ4n) is 4.85. The van der Waals surface area contributed by atoms with Crippen LogP contribution in [0.3, 0.4) is 0 Å². The lowest BCUT2D eigenvalue weighted by molar-refractivity contribution is -0.157.